The lowest BCUT2D eigenvalue weighted by molar-refractivity contribution is 0.104. The minimum Gasteiger partial charge on any atom is -0.507 e. The normalized spacial score (nSPS) is 10.7. The smallest absolute Gasteiger partial charge is 0.185 e. The number of hydrogen-bond donors (Lipinski definition) is 1. The molecule has 3 heteroatoms. The van der Waals surface area contributed by atoms with Crippen LogP contribution in [-0.4, -0.2) is 25.0 Å². The number of ketones is 1. The number of allylic oxidation sites excluding steroid dienone is 1. The Kier molecular flexibility index (Phi) is 4.20. The van der Waals surface area contributed by atoms with Crippen LogP contribution in [-0.2, 0) is 0 Å². The van der Waals surface area contributed by atoms with Gasteiger partial charge in [0.2, 0.25) is 0 Å². The van der Waals surface area contributed by atoms with Crippen LogP contribution >= 0.6 is 0 Å². The van der Waals surface area contributed by atoms with E-state index < -0.39 is 0 Å². The van der Waals surface area contributed by atoms with E-state index in [2.05, 4.69) is 0 Å². The summed E-state index contributed by atoms with van der Waals surface area (Å²) in [5.74, 6) is 0.0815. The number of rotatable bonds is 4. The third-order valence-corrected chi connectivity index (χ3v) is 3.02. The summed E-state index contributed by atoms with van der Waals surface area (Å²) >= 11 is 0. The topological polar surface area (TPSA) is 40.5 Å². The van der Waals surface area contributed by atoms with E-state index >= 15 is 0 Å². The molecule has 0 fully saturated rings. The van der Waals surface area contributed by atoms with Gasteiger partial charge in [-0.3, -0.25) is 4.79 Å². The lowest BCUT2D eigenvalue weighted by Crippen LogP contribution is -2.08. The van der Waals surface area contributed by atoms with Gasteiger partial charge in [0.15, 0.2) is 5.78 Å². The fraction of sp³-hybridized carbons (Fsp3) is 0.118. The molecule has 3 nitrogen and oxygen atoms in total. The number of nitrogens with zero attached hydrogens (tertiary/aromatic N) is 1. The van der Waals surface area contributed by atoms with Crippen molar-refractivity contribution in [1.29, 1.82) is 0 Å². The van der Waals surface area contributed by atoms with E-state index in [1.54, 1.807) is 36.4 Å². The number of aromatic hydroxyl groups is 1. The Labute approximate surface area is 118 Å². The number of phenolic OH excluding ortho intramolecular Hbond substituents is 1. The highest BCUT2D eigenvalue weighted by molar-refractivity contribution is 6.07. The minimum absolute atomic E-state index is 0.0847. The Hall–Kier alpha value is -2.55. The highest BCUT2D eigenvalue weighted by atomic mass is 16.3. The van der Waals surface area contributed by atoms with Crippen LogP contribution in [0.25, 0.3) is 6.08 Å². The van der Waals surface area contributed by atoms with E-state index in [1.807, 2.05) is 37.2 Å². The fourth-order valence-corrected chi connectivity index (χ4v) is 1.81. The number of phenols is 1. The third-order valence-electron chi connectivity index (χ3n) is 3.02. The molecule has 0 amide bonds. The molecular formula is C17H17NO2. The van der Waals surface area contributed by atoms with Crippen LogP contribution in [0.5, 0.6) is 5.75 Å². The van der Waals surface area contributed by atoms with Crippen molar-refractivity contribution in [1.82, 2.24) is 0 Å². The number of hydrogen-bond acceptors (Lipinski definition) is 3. The molecular weight excluding hydrogens is 250 g/mol. The second-order valence-corrected chi connectivity index (χ2v) is 4.70. The van der Waals surface area contributed by atoms with Gasteiger partial charge in [-0.25, -0.2) is 0 Å². The SMILES string of the molecule is CN(C)c1ccc(C(=O)/C=C/c2ccccc2O)cc1. The number of anilines is 1. The summed E-state index contributed by atoms with van der Waals surface area (Å²) in [6, 6.07) is 14.3. The van der Waals surface area contributed by atoms with Crippen LogP contribution in [0.4, 0.5) is 5.69 Å². The van der Waals surface area contributed by atoms with Crippen molar-refractivity contribution in [3.63, 3.8) is 0 Å². The predicted molar refractivity (Wildman–Crippen MR) is 82.2 cm³/mol. The lowest BCUT2D eigenvalue weighted by Gasteiger charge is -2.11. The first-order valence-electron chi connectivity index (χ1n) is 6.36. The molecule has 0 aliphatic carbocycles. The van der Waals surface area contributed by atoms with Crippen molar-refractivity contribution in [2.45, 2.75) is 0 Å². The van der Waals surface area contributed by atoms with Gasteiger partial charge >= 0.3 is 0 Å². The highest BCUT2D eigenvalue weighted by Crippen LogP contribution is 2.18. The van der Waals surface area contributed by atoms with Crippen LogP contribution in [0.2, 0.25) is 0 Å². The molecule has 0 unspecified atom stereocenters. The van der Waals surface area contributed by atoms with E-state index in [0.29, 0.717) is 11.1 Å². The fourth-order valence-electron chi connectivity index (χ4n) is 1.81. The first-order valence-corrected chi connectivity index (χ1v) is 6.36. The summed E-state index contributed by atoms with van der Waals surface area (Å²) in [6.45, 7) is 0. The maximum atomic E-state index is 12.0. The van der Waals surface area contributed by atoms with Gasteiger partial charge in [0.05, 0.1) is 0 Å². The van der Waals surface area contributed by atoms with Gasteiger partial charge in [-0.1, -0.05) is 18.2 Å². The highest BCUT2D eigenvalue weighted by Gasteiger charge is 2.03. The maximum Gasteiger partial charge on any atom is 0.185 e. The Morgan fingerprint density at radius 3 is 2.30 bits per heavy atom. The monoisotopic (exact) mass is 267 g/mol. The third kappa shape index (κ3) is 3.26. The Morgan fingerprint density at radius 2 is 1.70 bits per heavy atom. The molecule has 102 valence electrons. The zero-order chi connectivity index (χ0) is 14.5. The van der Waals surface area contributed by atoms with Crippen molar-refractivity contribution in [3.8, 4) is 5.75 Å². The maximum absolute atomic E-state index is 12.0. The summed E-state index contributed by atoms with van der Waals surface area (Å²) in [6.07, 6.45) is 3.09. The van der Waals surface area contributed by atoms with Gasteiger partial charge in [-0.2, -0.15) is 0 Å². The molecule has 0 saturated carbocycles. The van der Waals surface area contributed by atoms with Crippen molar-refractivity contribution in [2.75, 3.05) is 19.0 Å². The largest absolute Gasteiger partial charge is 0.507 e. The van der Waals surface area contributed by atoms with Crippen LogP contribution in [0, 0.1) is 0 Å². The Balaban J connectivity index is 2.14. The average Bonchev–Trinajstić information content (AvgIpc) is 2.46. The van der Waals surface area contributed by atoms with E-state index in [1.165, 1.54) is 6.08 Å². The zero-order valence-corrected chi connectivity index (χ0v) is 11.6. The minimum atomic E-state index is -0.0847. The van der Waals surface area contributed by atoms with E-state index in [0.717, 1.165) is 5.69 Å². The van der Waals surface area contributed by atoms with Crippen LogP contribution in [0.3, 0.4) is 0 Å². The molecule has 1 N–H and O–H groups in total. The molecule has 0 aliphatic rings. The van der Waals surface area contributed by atoms with Gasteiger partial charge in [-0.15, -0.1) is 0 Å². The second-order valence-electron chi connectivity index (χ2n) is 4.70. The number of benzene rings is 2. The summed E-state index contributed by atoms with van der Waals surface area (Å²) < 4.78 is 0. The molecule has 0 atom stereocenters. The van der Waals surface area contributed by atoms with Gasteiger partial charge < -0.3 is 10.0 Å². The van der Waals surface area contributed by atoms with E-state index in [9.17, 15) is 9.90 Å². The molecule has 0 heterocycles. The van der Waals surface area contributed by atoms with Gasteiger partial charge in [0.25, 0.3) is 0 Å². The number of carbonyl (C=O) groups excluding carboxylic acids is 1. The molecule has 0 aromatic heterocycles. The van der Waals surface area contributed by atoms with Crippen LogP contribution in [0.1, 0.15) is 15.9 Å². The van der Waals surface area contributed by atoms with Crippen molar-refractivity contribution < 1.29 is 9.90 Å². The molecule has 0 aliphatic heterocycles. The predicted octanol–water partition coefficient (Wildman–Crippen LogP) is 3.35. The molecule has 0 spiro atoms. The van der Waals surface area contributed by atoms with E-state index in [4.69, 9.17) is 0 Å². The van der Waals surface area contributed by atoms with Crippen molar-refractivity contribution in [2.24, 2.45) is 0 Å². The summed E-state index contributed by atoms with van der Waals surface area (Å²) in [7, 11) is 3.91. The molecule has 2 rings (SSSR count). The zero-order valence-electron chi connectivity index (χ0n) is 11.6. The second kappa shape index (κ2) is 6.06. The van der Waals surface area contributed by atoms with Crippen molar-refractivity contribution >= 4 is 17.5 Å². The van der Waals surface area contributed by atoms with Crippen LogP contribution in [0.15, 0.2) is 54.6 Å². The molecule has 2 aromatic carbocycles. The average molecular weight is 267 g/mol. The first kappa shape index (κ1) is 13.9. The summed E-state index contributed by atoms with van der Waals surface area (Å²) in [5, 5.41) is 9.62. The molecule has 20 heavy (non-hydrogen) atoms. The Morgan fingerprint density at radius 1 is 1.05 bits per heavy atom. The molecule has 0 bridgehead atoms. The number of para-hydroxylation sites is 1. The number of carbonyl (C=O) groups is 1. The summed E-state index contributed by atoms with van der Waals surface area (Å²) in [4.78, 5) is 14.0. The lowest BCUT2D eigenvalue weighted by atomic mass is 10.1. The van der Waals surface area contributed by atoms with E-state index in [-0.39, 0.29) is 11.5 Å². The quantitative estimate of drug-likeness (QED) is 0.682. The standard InChI is InChI=1S/C17H17NO2/c1-18(2)15-10-7-14(8-11-15)17(20)12-9-13-5-3-4-6-16(13)19/h3-12,19H,1-2H3/b12-9+. The first-order chi connectivity index (χ1) is 9.58. The molecule has 0 radical (unpaired) electrons. The van der Waals surface area contributed by atoms with Crippen LogP contribution < -0.4 is 4.90 Å². The molecule has 2 aromatic rings. The van der Waals surface area contributed by atoms with Gasteiger partial charge in [-0.05, 0) is 42.5 Å². The van der Waals surface area contributed by atoms with Crippen molar-refractivity contribution in [3.05, 3.63) is 65.7 Å². The molecule has 0 saturated heterocycles. The van der Waals surface area contributed by atoms with Gasteiger partial charge in [0.1, 0.15) is 5.75 Å². The van der Waals surface area contributed by atoms with Gasteiger partial charge in [0, 0.05) is 30.9 Å². The Bertz CT molecular complexity index is 628. The summed E-state index contributed by atoms with van der Waals surface area (Å²) in [5.41, 5.74) is 2.30.